The number of aromatic nitrogens is 2. The van der Waals surface area contributed by atoms with Gasteiger partial charge < -0.3 is 5.32 Å². The van der Waals surface area contributed by atoms with E-state index in [0.29, 0.717) is 5.57 Å². The van der Waals surface area contributed by atoms with Crippen molar-refractivity contribution in [1.82, 2.24) is 10.2 Å². The Kier molecular flexibility index (Phi) is 1.86. The first kappa shape index (κ1) is 8.91. The van der Waals surface area contributed by atoms with Crippen molar-refractivity contribution >= 4 is 23.2 Å². The lowest BCUT2D eigenvalue weighted by Crippen LogP contribution is -2.03. The number of anilines is 1. The fraction of sp³-hybridized carbons (Fsp3) is 0. The highest BCUT2D eigenvalue weighted by atomic mass is 16.2. The third-order valence-electron chi connectivity index (χ3n) is 2.53. The lowest BCUT2D eigenvalue weighted by Gasteiger charge is -1.95. The minimum Gasteiger partial charge on any atom is -0.321 e. The molecule has 1 aromatic heterocycles. The number of aromatic amines is 1. The Morgan fingerprint density at radius 2 is 2.06 bits per heavy atom. The maximum absolute atomic E-state index is 11.7. The minimum atomic E-state index is -0.0733. The lowest BCUT2D eigenvalue weighted by atomic mass is 10.1. The van der Waals surface area contributed by atoms with E-state index in [1.165, 1.54) is 0 Å². The molecular weight excluding hydrogens is 202 g/mol. The van der Waals surface area contributed by atoms with Gasteiger partial charge in [-0.15, -0.1) is 0 Å². The number of carbonyl (C=O) groups is 1. The second-order valence-corrected chi connectivity index (χ2v) is 3.57. The van der Waals surface area contributed by atoms with Crippen molar-refractivity contribution in [2.45, 2.75) is 0 Å². The van der Waals surface area contributed by atoms with Crippen LogP contribution in [0.2, 0.25) is 0 Å². The van der Waals surface area contributed by atoms with Crippen LogP contribution < -0.4 is 5.32 Å². The van der Waals surface area contributed by atoms with Crippen LogP contribution in [-0.2, 0) is 4.79 Å². The second kappa shape index (κ2) is 3.34. The van der Waals surface area contributed by atoms with Crippen LogP contribution in [0, 0.1) is 0 Å². The summed E-state index contributed by atoms with van der Waals surface area (Å²) in [6.07, 6.45) is 3.46. The summed E-state index contributed by atoms with van der Waals surface area (Å²) in [5, 5.41) is 9.47. The highest BCUT2D eigenvalue weighted by Gasteiger charge is 2.23. The van der Waals surface area contributed by atoms with Gasteiger partial charge >= 0.3 is 0 Å². The molecule has 1 aromatic carbocycles. The molecule has 0 saturated carbocycles. The summed E-state index contributed by atoms with van der Waals surface area (Å²) in [5.41, 5.74) is 3.28. The van der Waals surface area contributed by atoms with Crippen molar-refractivity contribution in [2.75, 3.05) is 5.32 Å². The highest BCUT2D eigenvalue weighted by molar-refractivity contribution is 6.34. The van der Waals surface area contributed by atoms with Crippen molar-refractivity contribution in [3.05, 3.63) is 47.8 Å². The normalized spacial score (nSPS) is 16.2. The van der Waals surface area contributed by atoms with Gasteiger partial charge in [0.25, 0.3) is 5.91 Å². The van der Waals surface area contributed by atoms with Crippen LogP contribution in [0.25, 0.3) is 11.6 Å². The predicted octanol–water partition coefficient (Wildman–Crippen LogP) is 1.90. The average Bonchev–Trinajstić information content (AvgIpc) is 2.89. The van der Waals surface area contributed by atoms with Crippen molar-refractivity contribution in [3.8, 4) is 0 Å². The highest BCUT2D eigenvalue weighted by Crippen LogP contribution is 2.32. The van der Waals surface area contributed by atoms with E-state index in [1.54, 1.807) is 12.3 Å². The molecule has 1 aliphatic rings. The van der Waals surface area contributed by atoms with E-state index in [0.717, 1.165) is 16.9 Å². The topological polar surface area (TPSA) is 57.8 Å². The van der Waals surface area contributed by atoms with E-state index < -0.39 is 0 Å². The largest absolute Gasteiger partial charge is 0.321 e. The van der Waals surface area contributed by atoms with Crippen LogP contribution in [0.1, 0.15) is 11.3 Å². The van der Waals surface area contributed by atoms with Gasteiger partial charge in [0.05, 0.1) is 11.3 Å². The standard InChI is InChI=1S/C12H9N3O/c16-12-10(7-8-5-6-13-15-8)9-3-1-2-4-11(9)14-12/h1-7H,(H,13,15)(H,14,16). The summed E-state index contributed by atoms with van der Waals surface area (Å²) in [4.78, 5) is 11.7. The molecule has 0 spiro atoms. The number of para-hydroxylation sites is 1. The summed E-state index contributed by atoms with van der Waals surface area (Å²) in [6, 6.07) is 9.45. The third kappa shape index (κ3) is 1.32. The molecule has 78 valence electrons. The Hall–Kier alpha value is -2.36. The van der Waals surface area contributed by atoms with E-state index >= 15 is 0 Å². The monoisotopic (exact) mass is 211 g/mol. The van der Waals surface area contributed by atoms with Gasteiger partial charge in [0, 0.05) is 17.4 Å². The number of carbonyl (C=O) groups excluding carboxylic acids is 1. The molecular formula is C12H9N3O. The van der Waals surface area contributed by atoms with Crippen molar-refractivity contribution in [3.63, 3.8) is 0 Å². The first-order chi connectivity index (χ1) is 7.84. The zero-order valence-corrected chi connectivity index (χ0v) is 8.40. The zero-order valence-electron chi connectivity index (χ0n) is 8.40. The summed E-state index contributed by atoms with van der Waals surface area (Å²) in [7, 11) is 0. The van der Waals surface area contributed by atoms with Crippen LogP contribution in [0.5, 0.6) is 0 Å². The average molecular weight is 211 g/mol. The maximum Gasteiger partial charge on any atom is 0.256 e. The lowest BCUT2D eigenvalue weighted by molar-refractivity contribution is -0.110. The number of benzene rings is 1. The number of rotatable bonds is 1. The molecule has 0 fully saturated rings. The maximum atomic E-state index is 11.7. The third-order valence-corrected chi connectivity index (χ3v) is 2.53. The van der Waals surface area contributed by atoms with E-state index in [9.17, 15) is 4.79 Å². The summed E-state index contributed by atoms with van der Waals surface area (Å²) in [6.45, 7) is 0. The predicted molar refractivity (Wildman–Crippen MR) is 61.5 cm³/mol. The van der Waals surface area contributed by atoms with Crippen LogP contribution in [-0.4, -0.2) is 16.1 Å². The number of hydrogen-bond acceptors (Lipinski definition) is 2. The van der Waals surface area contributed by atoms with Crippen molar-refractivity contribution < 1.29 is 4.79 Å². The fourth-order valence-electron chi connectivity index (χ4n) is 1.78. The van der Waals surface area contributed by atoms with E-state index in [4.69, 9.17) is 0 Å². The van der Waals surface area contributed by atoms with Crippen LogP contribution >= 0.6 is 0 Å². The SMILES string of the molecule is O=C1Nc2ccccc2C1=Cc1ccn[nH]1. The number of nitrogens with zero attached hydrogens (tertiary/aromatic N) is 1. The Bertz CT molecular complexity index is 570. The van der Waals surface area contributed by atoms with Crippen molar-refractivity contribution in [1.29, 1.82) is 0 Å². The fourth-order valence-corrected chi connectivity index (χ4v) is 1.78. The van der Waals surface area contributed by atoms with Gasteiger partial charge in [-0.05, 0) is 18.2 Å². The molecule has 0 unspecified atom stereocenters. The van der Waals surface area contributed by atoms with Gasteiger partial charge in [0.15, 0.2) is 0 Å². The van der Waals surface area contributed by atoms with Crippen LogP contribution in [0.4, 0.5) is 5.69 Å². The van der Waals surface area contributed by atoms with Gasteiger partial charge in [0.1, 0.15) is 0 Å². The van der Waals surface area contributed by atoms with Crippen molar-refractivity contribution in [2.24, 2.45) is 0 Å². The first-order valence-corrected chi connectivity index (χ1v) is 4.96. The zero-order chi connectivity index (χ0) is 11.0. The van der Waals surface area contributed by atoms with Gasteiger partial charge in [0.2, 0.25) is 0 Å². The van der Waals surface area contributed by atoms with Crippen LogP contribution in [0.3, 0.4) is 0 Å². The number of nitrogens with one attached hydrogen (secondary N) is 2. The quantitative estimate of drug-likeness (QED) is 0.708. The molecule has 0 bridgehead atoms. The molecule has 2 N–H and O–H groups in total. The minimum absolute atomic E-state index is 0.0733. The van der Waals surface area contributed by atoms with E-state index in [1.807, 2.05) is 30.3 Å². The Balaban J connectivity index is 2.12. The number of hydrogen-bond donors (Lipinski definition) is 2. The summed E-state index contributed by atoms with van der Waals surface area (Å²) >= 11 is 0. The molecule has 0 radical (unpaired) electrons. The van der Waals surface area contributed by atoms with E-state index in [2.05, 4.69) is 15.5 Å². The van der Waals surface area contributed by atoms with Gasteiger partial charge in [-0.25, -0.2) is 0 Å². The molecule has 3 rings (SSSR count). The van der Waals surface area contributed by atoms with Gasteiger partial charge in [-0.2, -0.15) is 5.10 Å². The Morgan fingerprint density at radius 1 is 1.19 bits per heavy atom. The van der Waals surface area contributed by atoms with Crippen LogP contribution in [0.15, 0.2) is 36.5 Å². The molecule has 2 heterocycles. The molecule has 1 amide bonds. The molecule has 2 aromatic rings. The molecule has 0 atom stereocenters. The number of H-pyrrole nitrogens is 1. The smallest absolute Gasteiger partial charge is 0.256 e. The molecule has 1 aliphatic heterocycles. The van der Waals surface area contributed by atoms with Gasteiger partial charge in [-0.1, -0.05) is 18.2 Å². The Labute approximate surface area is 92.0 Å². The summed E-state index contributed by atoms with van der Waals surface area (Å²) in [5.74, 6) is -0.0733. The number of amides is 1. The Morgan fingerprint density at radius 3 is 2.88 bits per heavy atom. The molecule has 0 aliphatic carbocycles. The molecule has 0 saturated heterocycles. The molecule has 4 heteroatoms. The second-order valence-electron chi connectivity index (χ2n) is 3.57. The first-order valence-electron chi connectivity index (χ1n) is 4.96. The van der Waals surface area contributed by atoms with Gasteiger partial charge in [-0.3, -0.25) is 9.89 Å². The molecule has 4 nitrogen and oxygen atoms in total. The number of fused-ring (bicyclic) bond motifs is 1. The molecule has 16 heavy (non-hydrogen) atoms. The summed E-state index contributed by atoms with van der Waals surface area (Å²) < 4.78 is 0. The van der Waals surface area contributed by atoms with E-state index in [-0.39, 0.29) is 5.91 Å².